The van der Waals surface area contributed by atoms with E-state index in [0.29, 0.717) is 5.75 Å². The quantitative estimate of drug-likeness (QED) is 0.474. The van der Waals surface area contributed by atoms with E-state index in [0.717, 1.165) is 0 Å². The summed E-state index contributed by atoms with van der Waals surface area (Å²) in [4.78, 5) is 33.2. The first-order valence-corrected chi connectivity index (χ1v) is 6.58. The van der Waals surface area contributed by atoms with Crippen molar-refractivity contribution in [3.8, 4) is 0 Å². The molecule has 0 aromatic carbocycles. The van der Waals surface area contributed by atoms with Crippen LogP contribution in [0.4, 0.5) is 5.82 Å². The lowest BCUT2D eigenvalue weighted by molar-refractivity contribution is -0.159. The van der Waals surface area contributed by atoms with Crippen molar-refractivity contribution in [2.45, 2.75) is 11.7 Å². The molecule has 11 heteroatoms. The molecule has 2 rings (SSSR count). The molecule has 0 radical (unpaired) electrons. The number of aliphatic hydroxyl groups is 1. The molecule has 0 unspecified atom stereocenters. The van der Waals surface area contributed by atoms with Gasteiger partial charge in [0, 0.05) is 11.9 Å². The van der Waals surface area contributed by atoms with Crippen molar-refractivity contribution < 1.29 is 29.6 Å². The van der Waals surface area contributed by atoms with Gasteiger partial charge in [-0.3, -0.25) is 4.57 Å². The van der Waals surface area contributed by atoms with E-state index in [4.69, 9.17) is 35.4 Å². The Labute approximate surface area is 122 Å². The van der Waals surface area contributed by atoms with Crippen molar-refractivity contribution >= 4 is 29.5 Å². The standard InChI is InChI=1S/C8H11N3O3S.C2H2O4/c9-5-1-2-11(8(13)10-5)6-4-15-7(3-12)14-6;3-1(4)2(5)6/h1-2,6-7,12H,3-4H2,(H2,9,10,13);(H,3,4)(H,5,6)/t6-,7+;/m1./s1. The van der Waals surface area contributed by atoms with Crippen LogP contribution in [0.1, 0.15) is 6.23 Å². The second-order valence-corrected chi connectivity index (χ2v) is 4.88. The maximum atomic E-state index is 11.4. The number of nitrogen functional groups attached to an aromatic ring is 1. The van der Waals surface area contributed by atoms with E-state index in [9.17, 15) is 4.79 Å². The third-order valence-corrected chi connectivity index (χ3v) is 3.34. The van der Waals surface area contributed by atoms with Crippen LogP contribution < -0.4 is 11.4 Å². The molecule has 1 saturated heterocycles. The Balaban J connectivity index is 0.000000315. The average molecular weight is 319 g/mol. The van der Waals surface area contributed by atoms with Crippen molar-refractivity contribution in [1.29, 1.82) is 0 Å². The van der Waals surface area contributed by atoms with Gasteiger partial charge in [-0.2, -0.15) is 4.98 Å². The minimum atomic E-state index is -1.82. The molecular weight excluding hydrogens is 306 g/mol. The van der Waals surface area contributed by atoms with E-state index >= 15 is 0 Å². The number of nitrogens with zero attached hydrogens (tertiary/aromatic N) is 2. The third-order valence-electron chi connectivity index (χ3n) is 2.23. The van der Waals surface area contributed by atoms with E-state index in [1.165, 1.54) is 16.3 Å². The number of aromatic nitrogens is 2. The van der Waals surface area contributed by atoms with E-state index in [1.54, 1.807) is 12.3 Å². The Hall–Kier alpha value is -2.11. The van der Waals surface area contributed by atoms with Gasteiger partial charge >= 0.3 is 17.6 Å². The van der Waals surface area contributed by atoms with Gasteiger partial charge in [0.2, 0.25) is 0 Å². The lowest BCUT2D eigenvalue weighted by Crippen LogP contribution is -2.28. The average Bonchev–Trinajstić information content (AvgIpc) is 2.88. The molecule has 0 aliphatic carbocycles. The minimum absolute atomic E-state index is 0.0572. The highest BCUT2D eigenvalue weighted by atomic mass is 32.2. The fourth-order valence-corrected chi connectivity index (χ4v) is 2.26. The monoisotopic (exact) mass is 319 g/mol. The van der Waals surface area contributed by atoms with Crippen LogP contribution in [0, 0.1) is 0 Å². The SMILES string of the molecule is Nc1ccn([C@H]2CS[C@@H](CO)O2)c(=O)n1.O=C(O)C(=O)O. The lowest BCUT2D eigenvalue weighted by atomic mass is 10.5. The second kappa shape index (κ2) is 7.61. The molecule has 0 saturated carbocycles. The lowest BCUT2D eigenvalue weighted by Gasteiger charge is -2.13. The Kier molecular flexibility index (Phi) is 6.14. The van der Waals surface area contributed by atoms with Crippen LogP contribution in [0.25, 0.3) is 0 Å². The zero-order valence-corrected chi connectivity index (χ0v) is 11.4. The van der Waals surface area contributed by atoms with Crippen LogP contribution in [0.5, 0.6) is 0 Å². The molecule has 1 aromatic heterocycles. The minimum Gasteiger partial charge on any atom is -0.473 e. The molecule has 0 spiro atoms. The van der Waals surface area contributed by atoms with E-state index < -0.39 is 17.6 Å². The number of carboxylic acid groups (broad SMARTS) is 2. The van der Waals surface area contributed by atoms with Crippen LogP contribution in [-0.4, -0.2) is 54.6 Å². The van der Waals surface area contributed by atoms with Crippen LogP contribution in [0.15, 0.2) is 17.1 Å². The third kappa shape index (κ3) is 5.06. The molecule has 2 atom stereocenters. The first-order valence-electron chi connectivity index (χ1n) is 5.54. The topological polar surface area (TPSA) is 165 Å². The number of rotatable bonds is 2. The molecule has 10 nitrogen and oxygen atoms in total. The normalized spacial score (nSPS) is 20.4. The fraction of sp³-hybridized carbons (Fsp3) is 0.400. The summed E-state index contributed by atoms with van der Waals surface area (Å²) < 4.78 is 6.79. The Morgan fingerprint density at radius 3 is 2.52 bits per heavy atom. The zero-order chi connectivity index (χ0) is 16.0. The van der Waals surface area contributed by atoms with Crippen LogP contribution in [0.3, 0.4) is 0 Å². The van der Waals surface area contributed by atoms with Crippen LogP contribution in [-0.2, 0) is 14.3 Å². The van der Waals surface area contributed by atoms with Gasteiger partial charge in [0.1, 0.15) is 17.5 Å². The number of thioether (sulfide) groups is 1. The number of carbonyl (C=O) groups is 2. The molecule has 1 aliphatic rings. The number of aliphatic carboxylic acids is 2. The maximum Gasteiger partial charge on any atom is 0.414 e. The van der Waals surface area contributed by atoms with E-state index in [-0.39, 0.29) is 24.1 Å². The van der Waals surface area contributed by atoms with E-state index in [2.05, 4.69) is 4.98 Å². The highest BCUT2D eigenvalue weighted by Crippen LogP contribution is 2.30. The van der Waals surface area contributed by atoms with Crippen molar-refractivity contribution in [2.75, 3.05) is 18.1 Å². The van der Waals surface area contributed by atoms with Gasteiger partial charge in [0.15, 0.2) is 0 Å². The van der Waals surface area contributed by atoms with Crippen molar-refractivity contribution in [3.05, 3.63) is 22.7 Å². The summed E-state index contributed by atoms with van der Waals surface area (Å²) in [5, 5.41) is 23.7. The van der Waals surface area contributed by atoms with Gasteiger partial charge in [-0.1, -0.05) is 0 Å². The Morgan fingerprint density at radius 1 is 1.48 bits per heavy atom. The number of hydrogen-bond acceptors (Lipinski definition) is 8. The largest absolute Gasteiger partial charge is 0.473 e. The fourth-order valence-electron chi connectivity index (χ4n) is 1.33. The molecule has 21 heavy (non-hydrogen) atoms. The van der Waals surface area contributed by atoms with Gasteiger partial charge in [-0.05, 0) is 6.07 Å². The molecule has 0 amide bonds. The summed E-state index contributed by atoms with van der Waals surface area (Å²) in [5.41, 5.74) is 4.67. The second-order valence-electron chi connectivity index (χ2n) is 3.69. The maximum absolute atomic E-state index is 11.4. The number of anilines is 1. The number of carboxylic acids is 2. The Morgan fingerprint density at radius 2 is 2.10 bits per heavy atom. The molecule has 2 heterocycles. The number of nitrogens with two attached hydrogens (primary N) is 1. The summed E-state index contributed by atoms with van der Waals surface area (Å²) >= 11 is 1.47. The van der Waals surface area contributed by atoms with Crippen LogP contribution in [0.2, 0.25) is 0 Å². The molecular formula is C10H13N3O7S. The highest BCUT2D eigenvalue weighted by molar-refractivity contribution is 8.00. The van der Waals surface area contributed by atoms with Crippen molar-refractivity contribution in [2.24, 2.45) is 0 Å². The molecule has 5 N–H and O–H groups in total. The van der Waals surface area contributed by atoms with Gasteiger partial charge in [0.25, 0.3) is 0 Å². The van der Waals surface area contributed by atoms with Gasteiger partial charge in [-0.25, -0.2) is 14.4 Å². The summed E-state index contributed by atoms with van der Waals surface area (Å²) in [7, 11) is 0. The molecule has 1 aliphatic heterocycles. The van der Waals surface area contributed by atoms with Crippen LogP contribution >= 0.6 is 11.8 Å². The molecule has 0 bridgehead atoms. The van der Waals surface area contributed by atoms with Gasteiger partial charge < -0.3 is 25.8 Å². The Bertz CT molecular complexity index is 564. The first-order chi connectivity index (χ1) is 9.85. The first kappa shape index (κ1) is 16.9. The van der Waals surface area contributed by atoms with Crippen molar-refractivity contribution in [1.82, 2.24) is 9.55 Å². The summed E-state index contributed by atoms with van der Waals surface area (Å²) in [6.07, 6.45) is 1.18. The smallest absolute Gasteiger partial charge is 0.414 e. The predicted octanol–water partition coefficient (Wildman–Crippen LogP) is -1.44. The summed E-state index contributed by atoms with van der Waals surface area (Å²) in [6.45, 7) is -0.0572. The van der Waals surface area contributed by atoms with E-state index in [1.807, 2.05) is 0 Å². The number of hydrogen-bond donors (Lipinski definition) is 4. The predicted molar refractivity (Wildman–Crippen MR) is 71.6 cm³/mol. The molecule has 1 fully saturated rings. The number of ether oxygens (including phenoxy) is 1. The van der Waals surface area contributed by atoms with Crippen molar-refractivity contribution in [3.63, 3.8) is 0 Å². The highest BCUT2D eigenvalue weighted by Gasteiger charge is 2.27. The summed E-state index contributed by atoms with van der Waals surface area (Å²) in [5.74, 6) is -2.83. The summed E-state index contributed by atoms with van der Waals surface area (Å²) in [6, 6.07) is 1.54. The molecule has 1 aromatic rings. The zero-order valence-electron chi connectivity index (χ0n) is 10.6. The molecule has 116 valence electrons. The van der Waals surface area contributed by atoms with Gasteiger partial charge in [-0.15, -0.1) is 11.8 Å². The van der Waals surface area contributed by atoms with Gasteiger partial charge in [0.05, 0.1) is 6.61 Å². The number of aliphatic hydroxyl groups excluding tert-OH is 1.